The van der Waals surface area contributed by atoms with Gasteiger partial charge in [0.05, 0.1) is 5.67 Å². The van der Waals surface area contributed by atoms with E-state index in [2.05, 4.69) is 26.1 Å². The number of unbranched alkanes of at least 4 members (excludes halogenated alkanes) is 14. The number of rotatable bonds is 25. The van der Waals surface area contributed by atoms with E-state index in [1.807, 2.05) is 0 Å². The first-order valence-electron chi connectivity index (χ1n) is 14.0. The first kappa shape index (κ1) is 32.1. The van der Waals surface area contributed by atoms with Gasteiger partial charge in [0.25, 0.3) is 0 Å². The molecule has 5 heteroatoms. The monoisotopic (exact) mass is 473 g/mol. The summed E-state index contributed by atoms with van der Waals surface area (Å²) in [5.41, 5.74) is 0.163. The summed E-state index contributed by atoms with van der Waals surface area (Å²) < 4.78 is 17.4. The second kappa shape index (κ2) is 22.8. The van der Waals surface area contributed by atoms with Crippen molar-refractivity contribution >= 4 is 8.80 Å². The van der Waals surface area contributed by atoms with Gasteiger partial charge in [-0.25, -0.2) is 0 Å². The van der Waals surface area contributed by atoms with Crippen molar-refractivity contribution in [3.05, 3.63) is 0 Å². The molecule has 0 saturated carbocycles. The molecular weight excluding hydrogens is 414 g/mol. The molecular formula is C27H59NO3Si. The van der Waals surface area contributed by atoms with Crippen molar-refractivity contribution in [3.8, 4) is 0 Å². The van der Waals surface area contributed by atoms with Crippen LogP contribution in [0.1, 0.15) is 143 Å². The lowest BCUT2D eigenvalue weighted by Gasteiger charge is -2.35. The maximum absolute atomic E-state index is 5.80. The minimum absolute atomic E-state index is 0.163. The summed E-state index contributed by atoms with van der Waals surface area (Å²) in [5.74, 6) is 0. The molecule has 0 aliphatic heterocycles. The second-order valence-corrected chi connectivity index (χ2v) is 12.7. The molecule has 1 N–H and O–H groups in total. The van der Waals surface area contributed by atoms with Crippen LogP contribution in [0.5, 0.6) is 0 Å². The minimum atomic E-state index is -2.67. The minimum Gasteiger partial charge on any atom is -0.376 e. The van der Waals surface area contributed by atoms with Gasteiger partial charge in [-0.2, -0.15) is 0 Å². The highest BCUT2D eigenvalue weighted by atomic mass is 28.4. The van der Waals surface area contributed by atoms with Crippen molar-refractivity contribution in [1.82, 2.24) is 5.32 Å². The molecule has 0 heterocycles. The van der Waals surface area contributed by atoms with Crippen molar-refractivity contribution in [2.75, 3.05) is 21.3 Å². The lowest BCUT2D eigenvalue weighted by Crippen LogP contribution is -2.62. The molecule has 0 aromatic carbocycles. The van der Waals surface area contributed by atoms with Crippen LogP contribution in [0.3, 0.4) is 0 Å². The van der Waals surface area contributed by atoms with E-state index in [9.17, 15) is 0 Å². The Hall–Kier alpha value is 0.0569. The van der Waals surface area contributed by atoms with E-state index in [1.165, 1.54) is 116 Å². The smallest absolute Gasteiger partial charge is 0.376 e. The molecule has 0 saturated heterocycles. The third kappa shape index (κ3) is 15.1. The van der Waals surface area contributed by atoms with Gasteiger partial charge in [0.2, 0.25) is 0 Å². The van der Waals surface area contributed by atoms with Crippen LogP contribution in [-0.2, 0) is 13.3 Å². The van der Waals surface area contributed by atoms with Crippen LogP contribution in [0.2, 0.25) is 0 Å². The van der Waals surface area contributed by atoms with Crippen molar-refractivity contribution in [2.45, 2.75) is 154 Å². The second-order valence-electron chi connectivity index (χ2n) is 9.57. The van der Waals surface area contributed by atoms with Crippen LogP contribution in [0.15, 0.2) is 0 Å². The molecule has 0 spiro atoms. The Labute approximate surface area is 203 Å². The largest absolute Gasteiger partial charge is 0.518 e. The van der Waals surface area contributed by atoms with Gasteiger partial charge < -0.3 is 18.6 Å². The van der Waals surface area contributed by atoms with Crippen LogP contribution in [0, 0.1) is 0 Å². The lowest BCUT2D eigenvalue weighted by atomic mass is 9.99. The SMILES string of the molecule is CCCCCCCCCCC(CCCCCCCCCC)NC(CC)[Si](OC)(OC)OC. The van der Waals surface area contributed by atoms with Gasteiger partial charge >= 0.3 is 8.80 Å². The summed E-state index contributed by atoms with van der Waals surface area (Å²) in [6.07, 6.45) is 25.5. The number of hydrogen-bond acceptors (Lipinski definition) is 4. The van der Waals surface area contributed by atoms with E-state index in [-0.39, 0.29) is 5.67 Å². The Balaban J connectivity index is 4.50. The van der Waals surface area contributed by atoms with E-state index in [0.717, 1.165) is 6.42 Å². The van der Waals surface area contributed by atoms with Gasteiger partial charge in [-0.05, 0) is 19.3 Å². The van der Waals surface area contributed by atoms with E-state index in [4.69, 9.17) is 13.3 Å². The fraction of sp³-hybridized carbons (Fsp3) is 1.00. The fourth-order valence-electron chi connectivity index (χ4n) is 4.79. The van der Waals surface area contributed by atoms with Gasteiger partial charge in [0, 0.05) is 27.4 Å². The molecule has 0 aromatic rings. The van der Waals surface area contributed by atoms with Crippen molar-refractivity contribution < 1.29 is 13.3 Å². The topological polar surface area (TPSA) is 39.7 Å². The standard InChI is InChI=1S/C27H59NO3Si/c1-7-10-12-14-16-18-20-22-24-26(25-23-21-19-17-15-13-11-8-2)28-27(9-3)32(29-4,30-5)31-6/h26-28H,7-25H2,1-6H3. The van der Waals surface area contributed by atoms with Crippen molar-refractivity contribution in [2.24, 2.45) is 0 Å². The summed E-state index contributed by atoms with van der Waals surface area (Å²) in [6, 6.07) is 0.535. The molecule has 194 valence electrons. The van der Waals surface area contributed by atoms with E-state index in [1.54, 1.807) is 21.3 Å². The molecule has 0 rings (SSSR count). The van der Waals surface area contributed by atoms with E-state index in [0.29, 0.717) is 6.04 Å². The van der Waals surface area contributed by atoms with Crippen LogP contribution in [-0.4, -0.2) is 41.8 Å². The molecule has 0 fully saturated rings. The number of nitrogens with one attached hydrogen (secondary N) is 1. The third-order valence-electron chi connectivity index (χ3n) is 6.94. The van der Waals surface area contributed by atoms with Gasteiger partial charge in [0.15, 0.2) is 0 Å². The molecule has 0 aromatic heterocycles. The van der Waals surface area contributed by atoms with Gasteiger partial charge in [-0.1, -0.05) is 124 Å². The van der Waals surface area contributed by atoms with Crippen molar-refractivity contribution in [3.63, 3.8) is 0 Å². The normalized spacial score (nSPS) is 13.2. The maximum atomic E-state index is 5.80. The molecule has 0 bridgehead atoms. The van der Waals surface area contributed by atoms with Gasteiger partial charge in [0.1, 0.15) is 0 Å². The zero-order valence-corrected chi connectivity index (χ0v) is 23.8. The van der Waals surface area contributed by atoms with Crippen molar-refractivity contribution in [1.29, 1.82) is 0 Å². The third-order valence-corrected chi connectivity index (χ3v) is 10.1. The Kier molecular flexibility index (Phi) is 22.9. The van der Waals surface area contributed by atoms with Gasteiger partial charge in [-0.15, -0.1) is 0 Å². The van der Waals surface area contributed by atoms with Crippen LogP contribution in [0.4, 0.5) is 0 Å². The molecule has 0 aliphatic carbocycles. The average Bonchev–Trinajstić information content (AvgIpc) is 2.82. The average molecular weight is 474 g/mol. The highest BCUT2D eigenvalue weighted by Gasteiger charge is 2.47. The zero-order chi connectivity index (χ0) is 23.9. The van der Waals surface area contributed by atoms with Crippen LogP contribution >= 0.6 is 0 Å². The lowest BCUT2D eigenvalue weighted by molar-refractivity contribution is 0.103. The molecule has 0 radical (unpaired) electrons. The summed E-state index contributed by atoms with van der Waals surface area (Å²) >= 11 is 0. The van der Waals surface area contributed by atoms with Crippen LogP contribution < -0.4 is 5.32 Å². The first-order valence-corrected chi connectivity index (χ1v) is 15.9. The number of hydrogen-bond donors (Lipinski definition) is 1. The maximum Gasteiger partial charge on any atom is 0.518 e. The predicted octanol–water partition coefficient (Wildman–Crippen LogP) is 8.20. The van der Waals surface area contributed by atoms with Crippen LogP contribution in [0.25, 0.3) is 0 Å². The summed E-state index contributed by atoms with van der Waals surface area (Å²) in [5, 5.41) is 3.92. The van der Waals surface area contributed by atoms with Gasteiger partial charge in [-0.3, -0.25) is 0 Å². The highest BCUT2D eigenvalue weighted by molar-refractivity contribution is 6.62. The zero-order valence-electron chi connectivity index (χ0n) is 22.8. The Morgan fingerprint density at radius 2 is 0.875 bits per heavy atom. The van der Waals surface area contributed by atoms with E-state index >= 15 is 0 Å². The Morgan fingerprint density at radius 3 is 1.19 bits per heavy atom. The Bertz CT molecular complexity index is 352. The summed E-state index contributed by atoms with van der Waals surface area (Å²) in [6.45, 7) is 6.79. The predicted molar refractivity (Wildman–Crippen MR) is 142 cm³/mol. The molecule has 0 amide bonds. The fourth-order valence-corrected chi connectivity index (χ4v) is 7.08. The first-order chi connectivity index (χ1) is 15.6. The Morgan fingerprint density at radius 1 is 0.531 bits per heavy atom. The summed E-state index contributed by atoms with van der Waals surface area (Å²) in [7, 11) is 2.53. The molecule has 1 unspecified atom stereocenters. The quantitative estimate of drug-likeness (QED) is 0.107. The molecule has 0 aliphatic rings. The molecule has 32 heavy (non-hydrogen) atoms. The summed E-state index contributed by atoms with van der Waals surface area (Å²) in [4.78, 5) is 0. The highest BCUT2D eigenvalue weighted by Crippen LogP contribution is 2.20. The molecule has 4 nitrogen and oxygen atoms in total. The van der Waals surface area contributed by atoms with E-state index < -0.39 is 8.80 Å². The molecule has 1 atom stereocenters.